The Bertz CT molecular complexity index is 617. The third-order valence-electron chi connectivity index (χ3n) is 4.28. The van der Waals surface area contributed by atoms with E-state index >= 15 is 0 Å². The van der Waals surface area contributed by atoms with E-state index in [-0.39, 0.29) is 0 Å². The van der Waals surface area contributed by atoms with Crippen molar-refractivity contribution in [1.82, 2.24) is 10.3 Å². The molecule has 0 atom stereocenters. The number of rotatable bonds is 5. The maximum absolute atomic E-state index is 5.98. The van der Waals surface area contributed by atoms with Crippen LogP contribution in [0.15, 0.2) is 30.3 Å². The van der Waals surface area contributed by atoms with Crippen molar-refractivity contribution in [1.29, 1.82) is 0 Å². The number of nitrogens with zero attached hydrogens (tertiary/aromatic N) is 1. The van der Waals surface area contributed by atoms with Crippen molar-refractivity contribution < 1.29 is 4.74 Å². The number of benzene rings is 1. The first-order chi connectivity index (χ1) is 9.88. The fraction of sp³-hybridized carbons (Fsp3) is 0.471. The van der Waals surface area contributed by atoms with Gasteiger partial charge in [0, 0.05) is 24.0 Å². The first-order valence-electron chi connectivity index (χ1n) is 7.67. The van der Waals surface area contributed by atoms with E-state index < -0.39 is 0 Å². The normalized spacial score (nSPS) is 19.0. The van der Waals surface area contributed by atoms with Gasteiger partial charge in [0.25, 0.3) is 0 Å². The average molecular weight is 268 g/mol. The number of pyridine rings is 1. The van der Waals surface area contributed by atoms with E-state index in [1.807, 2.05) is 6.07 Å². The molecule has 0 spiro atoms. The van der Waals surface area contributed by atoms with E-state index in [0.717, 1.165) is 24.0 Å². The Balaban J connectivity index is 1.64. The molecular formula is C17H20N2O. The van der Waals surface area contributed by atoms with Crippen LogP contribution in [0.3, 0.4) is 0 Å². The molecule has 104 valence electrons. The first kappa shape index (κ1) is 12.2. The van der Waals surface area contributed by atoms with Crippen molar-refractivity contribution in [3.63, 3.8) is 0 Å². The molecule has 0 saturated heterocycles. The van der Waals surface area contributed by atoms with E-state index in [1.54, 1.807) is 0 Å². The summed E-state index contributed by atoms with van der Waals surface area (Å²) in [5, 5.41) is 4.83. The molecule has 1 N–H and O–H groups in total. The van der Waals surface area contributed by atoms with Crippen LogP contribution in [0.1, 0.15) is 37.7 Å². The number of nitrogens with one attached hydrogen (secondary N) is 1. The second-order valence-corrected chi connectivity index (χ2v) is 5.96. The highest BCUT2D eigenvalue weighted by atomic mass is 16.5. The third-order valence-corrected chi connectivity index (χ3v) is 4.28. The standard InChI is InChI=1S/C17H20N2O/c1-2-7-16-15(6-1)12(11-18-13-8-9-13)10-17(19-16)20-14-4-3-5-14/h1-2,6-7,10,13-14,18H,3-5,8-9,11H2. The summed E-state index contributed by atoms with van der Waals surface area (Å²) >= 11 is 0. The monoisotopic (exact) mass is 268 g/mol. The minimum absolute atomic E-state index is 0.382. The predicted molar refractivity (Wildman–Crippen MR) is 79.9 cm³/mol. The van der Waals surface area contributed by atoms with Gasteiger partial charge in [-0.15, -0.1) is 0 Å². The zero-order chi connectivity index (χ0) is 13.4. The topological polar surface area (TPSA) is 34.1 Å². The SMILES string of the molecule is c1ccc2c(CNC3CC3)cc(OC3CCC3)nc2c1. The van der Waals surface area contributed by atoms with E-state index in [0.29, 0.717) is 6.10 Å². The van der Waals surface area contributed by atoms with Gasteiger partial charge in [0.2, 0.25) is 5.88 Å². The van der Waals surface area contributed by atoms with Crippen LogP contribution in [-0.2, 0) is 6.54 Å². The molecule has 0 bridgehead atoms. The highest BCUT2D eigenvalue weighted by Crippen LogP contribution is 2.28. The summed E-state index contributed by atoms with van der Waals surface area (Å²) in [6.45, 7) is 0.911. The lowest BCUT2D eigenvalue weighted by Crippen LogP contribution is -2.25. The molecule has 2 aliphatic carbocycles. The van der Waals surface area contributed by atoms with Crippen LogP contribution in [0.2, 0.25) is 0 Å². The van der Waals surface area contributed by atoms with E-state index in [9.17, 15) is 0 Å². The molecule has 2 aliphatic rings. The summed E-state index contributed by atoms with van der Waals surface area (Å²) in [6.07, 6.45) is 6.64. The van der Waals surface area contributed by atoms with Crippen LogP contribution < -0.4 is 10.1 Å². The quantitative estimate of drug-likeness (QED) is 0.902. The van der Waals surface area contributed by atoms with Gasteiger partial charge in [0.15, 0.2) is 0 Å². The Hall–Kier alpha value is -1.61. The summed E-state index contributed by atoms with van der Waals surface area (Å²) in [7, 11) is 0. The molecule has 1 aromatic carbocycles. The van der Waals surface area contributed by atoms with Crippen LogP contribution in [0.4, 0.5) is 0 Å². The molecule has 2 saturated carbocycles. The van der Waals surface area contributed by atoms with Crippen LogP contribution in [0, 0.1) is 0 Å². The average Bonchev–Trinajstić information content (AvgIpc) is 3.24. The Labute approximate surface area is 119 Å². The number of aromatic nitrogens is 1. The van der Waals surface area contributed by atoms with Crippen molar-refractivity contribution in [2.75, 3.05) is 0 Å². The summed E-state index contributed by atoms with van der Waals surface area (Å²) in [5.41, 5.74) is 2.34. The van der Waals surface area contributed by atoms with Crippen LogP contribution in [0.25, 0.3) is 10.9 Å². The molecular weight excluding hydrogens is 248 g/mol. The van der Waals surface area contributed by atoms with Crippen LogP contribution in [0.5, 0.6) is 5.88 Å². The molecule has 1 aromatic heterocycles. The maximum atomic E-state index is 5.98. The molecule has 2 fully saturated rings. The number of fused-ring (bicyclic) bond motifs is 1. The minimum Gasteiger partial charge on any atom is -0.474 e. The fourth-order valence-electron chi connectivity index (χ4n) is 2.63. The molecule has 0 aliphatic heterocycles. The summed E-state index contributed by atoms with van der Waals surface area (Å²) in [6, 6.07) is 11.2. The van der Waals surface area contributed by atoms with Crippen molar-refractivity contribution in [2.45, 2.75) is 50.8 Å². The Morgan fingerprint density at radius 1 is 1.15 bits per heavy atom. The summed E-state index contributed by atoms with van der Waals surface area (Å²) in [4.78, 5) is 4.65. The van der Waals surface area contributed by atoms with Gasteiger partial charge in [-0.1, -0.05) is 18.2 Å². The Morgan fingerprint density at radius 3 is 2.75 bits per heavy atom. The third kappa shape index (κ3) is 2.50. The second-order valence-electron chi connectivity index (χ2n) is 5.96. The maximum Gasteiger partial charge on any atom is 0.214 e. The van der Waals surface area contributed by atoms with Gasteiger partial charge in [0.1, 0.15) is 6.10 Å². The van der Waals surface area contributed by atoms with Crippen molar-refractivity contribution in [2.24, 2.45) is 0 Å². The number of hydrogen-bond acceptors (Lipinski definition) is 3. The second kappa shape index (κ2) is 5.06. The number of ether oxygens (including phenoxy) is 1. The molecule has 4 rings (SSSR count). The lowest BCUT2D eigenvalue weighted by molar-refractivity contribution is 0.115. The van der Waals surface area contributed by atoms with Crippen molar-refractivity contribution in [3.05, 3.63) is 35.9 Å². The highest BCUT2D eigenvalue weighted by molar-refractivity contribution is 5.82. The first-order valence-corrected chi connectivity index (χ1v) is 7.67. The molecule has 3 heteroatoms. The number of hydrogen-bond donors (Lipinski definition) is 1. The Kier molecular flexibility index (Phi) is 3.07. The van der Waals surface area contributed by atoms with Gasteiger partial charge >= 0.3 is 0 Å². The lowest BCUT2D eigenvalue weighted by Gasteiger charge is -2.26. The highest BCUT2D eigenvalue weighted by Gasteiger charge is 2.22. The molecule has 0 amide bonds. The zero-order valence-electron chi connectivity index (χ0n) is 11.6. The van der Waals surface area contributed by atoms with E-state index in [4.69, 9.17) is 4.74 Å². The molecule has 1 heterocycles. The van der Waals surface area contributed by atoms with Gasteiger partial charge in [-0.2, -0.15) is 0 Å². The Morgan fingerprint density at radius 2 is 2.00 bits per heavy atom. The molecule has 2 aromatic rings. The van der Waals surface area contributed by atoms with Crippen molar-refractivity contribution in [3.8, 4) is 5.88 Å². The molecule has 0 unspecified atom stereocenters. The van der Waals surface area contributed by atoms with Crippen molar-refractivity contribution >= 4 is 10.9 Å². The summed E-state index contributed by atoms with van der Waals surface area (Å²) in [5.74, 6) is 0.793. The lowest BCUT2D eigenvalue weighted by atomic mass is 9.96. The largest absolute Gasteiger partial charge is 0.474 e. The van der Waals surface area contributed by atoms with E-state index in [2.05, 4.69) is 34.6 Å². The van der Waals surface area contributed by atoms with Crippen LogP contribution >= 0.6 is 0 Å². The fourth-order valence-corrected chi connectivity index (χ4v) is 2.63. The van der Waals surface area contributed by atoms with Gasteiger partial charge in [-0.3, -0.25) is 0 Å². The minimum atomic E-state index is 0.382. The van der Waals surface area contributed by atoms with Gasteiger partial charge in [-0.05, 0) is 43.7 Å². The van der Waals surface area contributed by atoms with Crippen LogP contribution in [-0.4, -0.2) is 17.1 Å². The van der Waals surface area contributed by atoms with Gasteiger partial charge < -0.3 is 10.1 Å². The summed E-state index contributed by atoms with van der Waals surface area (Å²) < 4.78 is 5.98. The van der Waals surface area contributed by atoms with Gasteiger partial charge in [0.05, 0.1) is 5.52 Å². The predicted octanol–water partition coefficient (Wildman–Crippen LogP) is 3.42. The smallest absolute Gasteiger partial charge is 0.214 e. The van der Waals surface area contributed by atoms with E-state index in [1.165, 1.54) is 43.1 Å². The number of para-hydroxylation sites is 1. The molecule has 3 nitrogen and oxygen atoms in total. The van der Waals surface area contributed by atoms with Gasteiger partial charge in [-0.25, -0.2) is 4.98 Å². The zero-order valence-corrected chi connectivity index (χ0v) is 11.6. The molecule has 20 heavy (non-hydrogen) atoms. The molecule has 0 radical (unpaired) electrons.